The molecule has 1 aliphatic rings. The number of carboxylic acids is 2. The fourth-order valence-corrected chi connectivity index (χ4v) is 4.36. The van der Waals surface area contributed by atoms with Crippen LogP contribution in [0.1, 0.15) is 17.2 Å². The summed E-state index contributed by atoms with van der Waals surface area (Å²) in [6.45, 7) is 3.43. The summed E-state index contributed by atoms with van der Waals surface area (Å²) in [6, 6.07) is 16.7. The van der Waals surface area contributed by atoms with Crippen LogP contribution < -0.4 is 0 Å². The van der Waals surface area contributed by atoms with E-state index in [9.17, 15) is 19.8 Å². The van der Waals surface area contributed by atoms with Crippen LogP contribution in [0.3, 0.4) is 0 Å². The third kappa shape index (κ3) is 4.90. The zero-order valence-corrected chi connectivity index (χ0v) is 17.8. The lowest BCUT2D eigenvalue weighted by Gasteiger charge is -2.37. The summed E-state index contributed by atoms with van der Waals surface area (Å²) in [5, 5.41) is 20.1. The number of hydrogen-bond acceptors (Lipinski definition) is 4. The van der Waals surface area contributed by atoms with Gasteiger partial charge in [0.1, 0.15) is 12.6 Å². The Morgan fingerprint density at radius 3 is 2.31 bits per heavy atom. The molecule has 1 saturated heterocycles. The molecule has 32 heavy (non-hydrogen) atoms. The van der Waals surface area contributed by atoms with Gasteiger partial charge in [-0.2, -0.15) is 0 Å². The topological polar surface area (TPSA) is 86.0 Å². The Morgan fingerprint density at radius 2 is 1.62 bits per heavy atom. The minimum Gasteiger partial charge on any atom is -0.480 e. The molecule has 2 aromatic carbocycles. The Hall–Kier alpha value is -3.42. The van der Waals surface area contributed by atoms with Crippen molar-refractivity contribution in [2.24, 2.45) is 0 Å². The summed E-state index contributed by atoms with van der Waals surface area (Å²) in [7, 11) is 0. The predicted octanol–water partition coefficient (Wildman–Crippen LogP) is 3.18. The lowest BCUT2D eigenvalue weighted by molar-refractivity contribution is -0.144. The summed E-state index contributed by atoms with van der Waals surface area (Å²) in [5.41, 5.74) is 2.54. The minimum atomic E-state index is -0.957. The molecule has 2 heterocycles. The average molecular weight is 434 g/mol. The smallest absolute Gasteiger partial charge is 0.325 e. The highest BCUT2D eigenvalue weighted by Gasteiger charge is 2.32. The molecule has 4 rings (SSSR count). The first kappa shape index (κ1) is 21.8. The van der Waals surface area contributed by atoms with E-state index in [1.54, 1.807) is 10.8 Å². The number of carboxylic acid groups (broad SMARTS) is 2. The zero-order chi connectivity index (χ0) is 22.5. The predicted molar refractivity (Wildman–Crippen MR) is 123 cm³/mol. The van der Waals surface area contributed by atoms with Gasteiger partial charge in [0.05, 0.1) is 0 Å². The van der Waals surface area contributed by atoms with Crippen LogP contribution in [-0.4, -0.2) is 69.2 Å². The number of nitrogens with zero attached hydrogens (tertiary/aromatic N) is 3. The van der Waals surface area contributed by atoms with E-state index >= 15 is 0 Å². The van der Waals surface area contributed by atoms with Crippen LogP contribution in [-0.2, 0) is 16.1 Å². The molecule has 1 fully saturated rings. The van der Waals surface area contributed by atoms with Gasteiger partial charge >= 0.3 is 11.9 Å². The van der Waals surface area contributed by atoms with E-state index in [2.05, 4.69) is 29.2 Å². The molecule has 2 N–H and O–H groups in total. The lowest BCUT2D eigenvalue weighted by Crippen LogP contribution is -2.49. The molecule has 166 valence electrons. The van der Waals surface area contributed by atoms with Crippen molar-refractivity contribution < 1.29 is 19.8 Å². The summed E-state index contributed by atoms with van der Waals surface area (Å²) in [4.78, 5) is 27.9. The van der Waals surface area contributed by atoms with E-state index in [4.69, 9.17) is 0 Å². The highest BCUT2D eigenvalue weighted by molar-refractivity contribution is 5.90. The second-order valence-corrected chi connectivity index (χ2v) is 8.01. The van der Waals surface area contributed by atoms with Crippen LogP contribution in [0.5, 0.6) is 0 Å². The number of aliphatic carboxylic acids is 2. The molecule has 1 unspecified atom stereocenters. The average Bonchev–Trinajstić information content (AvgIpc) is 3.13. The summed E-state index contributed by atoms with van der Waals surface area (Å²) in [5.74, 6) is -1.87. The third-order valence-corrected chi connectivity index (χ3v) is 5.90. The normalized spacial score (nSPS) is 16.5. The molecule has 0 saturated carbocycles. The van der Waals surface area contributed by atoms with Gasteiger partial charge in [-0.25, -0.2) is 0 Å². The van der Waals surface area contributed by atoms with Crippen LogP contribution in [0.2, 0.25) is 0 Å². The molecular formula is C25H27N3O4. The molecule has 0 spiro atoms. The van der Waals surface area contributed by atoms with Crippen LogP contribution in [0.4, 0.5) is 0 Å². The van der Waals surface area contributed by atoms with Gasteiger partial charge in [-0.05, 0) is 11.6 Å². The fraction of sp³-hybridized carbons (Fsp3) is 0.280. The minimum absolute atomic E-state index is 0.200. The van der Waals surface area contributed by atoms with E-state index in [0.717, 1.165) is 36.1 Å². The Labute approximate surface area is 186 Å². The Morgan fingerprint density at radius 1 is 0.938 bits per heavy atom. The van der Waals surface area contributed by atoms with Crippen LogP contribution in [0.25, 0.3) is 17.0 Å². The molecule has 0 aliphatic carbocycles. The molecular weight excluding hydrogens is 406 g/mol. The highest BCUT2D eigenvalue weighted by Crippen LogP contribution is 2.31. The van der Waals surface area contributed by atoms with Crippen LogP contribution >= 0.6 is 0 Å². The molecule has 1 aliphatic heterocycles. The zero-order valence-electron chi connectivity index (χ0n) is 17.8. The third-order valence-electron chi connectivity index (χ3n) is 5.90. The van der Waals surface area contributed by atoms with Crippen molar-refractivity contribution in [1.29, 1.82) is 0 Å². The van der Waals surface area contributed by atoms with Crippen molar-refractivity contribution in [3.63, 3.8) is 0 Å². The van der Waals surface area contributed by atoms with Crippen molar-refractivity contribution in [2.75, 3.05) is 32.7 Å². The van der Waals surface area contributed by atoms with Crippen molar-refractivity contribution >= 4 is 28.9 Å². The monoisotopic (exact) mass is 433 g/mol. The second-order valence-electron chi connectivity index (χ2n) is 8.01. The van der Waals surface area contributed by atoms with E-state index in [1.807, 2.05) is 47.4 Å². The Bertz CT molecular complexity index is 1110. The number of hydrogen-bond donors (Lipinski definition) is 2. The van der Waals surface area contributed by atoms with E-state index in [0.29, 0.717) is 18.7 Å². The number of para-hydroxylation sites is 1. The molecule has 7 nitrogen and oxygen atoms in total. The molecule has 1 aromatic heterocycles. The van der Waals surface area contributed by atoms with Gasteiger partial charge in [0.15, 0.2) is 0 Å². The Kier molecular flexibility index (Phi) is 6.68. The summed E-state index contributed by atoms with van der Waals surface area (Å²) < 4.78 is 1.62. The van der Waals surface area contributed by atoms with E-state index in [-0.39, 0.29) is 6.54 Å². The maximum absolute atomic E-state index is 12.3. The molecule has 0 bridgehead atoms. The number of carbonyl (C=O) groups is 2. The van der Waals surface area contributed by atoms with Gasteiger partial charge in [-0.3, -0.25) is 19.4 Å². The van der Waals surface area contributed by atoms with E-state index < -0.39 is 18.0 Å². The number of piperazine rings is 1. The van der Waals surface area contributed by atoms with Gasteiger partial charge < -0.3 is 14.8 Å². The molecule has 7 heteroatoms. The van der Waals surface area contributed by atoms with Crippen molar-refractivity contribution in [2.45, 2.75) is 12.6 Å². The molecule has 3 aromatic rings. The maximum Gasteiger partial charge on any atom is 0.325 e. The maximum atomic E-state index is 12.3. The van der Waals surface area contributed by atoms with Gasteiger partial charge in [-0.1, -0.05) is 60.7 Å². The number of aromatic nitrogens is 1. The Balaban J connectivity index is 1.47. The summed E-state index contributed by atoms with van der Waals surface area (Å²) >= 11 is 0. The SMILES string of the molecule is O=C(O)Cn1cc(C(C(=O)O)N2CCN(C/C=C/c3ccccc3)CC2)c2ccccc21. The van der Waals surface area contributed by atoms with Gasteiger partial charge in [0.25, 0.3) is 0 Å². The van der Waals surface area contributed by atoms with E-state index in [1.165, 1.54) is 0 Å². The molecule has 0 amide bonds. The first-order valence-electron chi connectivity index (χ1n) is 10.7. The second kappa shape index (κ2) is 9.80. The van der Waals surface area contributed by atoms with Crippen molar-refractivity contribution in [3.05, 3.63) is 78.0 Å². The number of benzene rings is 2. The van der Waals surface area contributed by atoms with Crippen LogP contribution in [0.15, 0.2) is 66.9 Å². The first-order valence-corrected chi connectivity index (χ1v) is 10.7. The van der Waals surface area contributed by atoms with Gasteiger partial charge in [0.2, 0.25) is 0 Å². The van der Waals surface area contributed by atoms with Gasteiger partial charge in [0, 0.05) is 55.4 Å². The standard InChI is InChI=1S/C25H27N3O4/c29-23(30)18-28-17-21(20-10-4-5-11-22(20)28)24(25(31)32)27-15-13-26(14-16-27)12-6-9-19-7-2-1-3-8-19/h1-11,17,24H,12-16,18H2,(H,29,30)(H,31,32)/b9-6+. The number of rotatable bonds is 8. The highest BCUT2D eigenvalue weighted by atomic mass is 16.4. The van der Waals surface area contributed by atoms with Crippen molar-refractivity contribution in [1.82, 2.24) is 14.4 Å². The fourth-order valence-electron chi connectivity index (χ4n) is 4.36. The molecule has 1 atom stereocenters. The number of fused-ring (bicyclic) bond motifs is 1. The van der Waals surface area contributed by atoms with Crippen molar-refractivity contribution in [3.8, 4) is 0 Å². The lowest BCUT2D eigenvalue weighted by atomic mass is 10.0. The summed E-state index contributed by atoms with van der Waals surface area (Å²) in [6.07, 6.45) is 5.93. The van der Waals surface area contributed by atoms with Gasteiger partial charge in [-0.15, -0.1) is 0 Å². The quantitative estimate of drug-likeness (QED) is 0.568. The van der Waals surface area contributed by atoms with Crippen LogP contribution in [0, 0.1) is 0 Å². The largest absolute Gasteiger partial charge is 0.480 e. The first-order chi connectivity index (χ1) is 15.5. The molecule has 0 radical (unpaired) electrons.